The molecule has 2 aromatic carbocycles. The molecule has 32 heavy (non-hydrogen) atoms. The van der Waals surface area contributed by atoms with Crippen LogP contribution < -0.4 is 15.1 Å². The molecule has 0 aromatic heterocycles. The van der Waals surface area contributed by atoms with Crippen LogP contribution in [0.4, 0.5) is 5.69 Å². The molecule has 162 valence electrons. The van der Waals surface area contributed by atoms with Gasteiger partial charge in [-0.2, -0.15) is 5.01 Å². The van der Waals surface area contributed by atoms with Gasteiger partial charge in [-0.3, -0.25) is 29.5 Å². The van der Waals surface area contributed by atoms with Gasteiger partial charge in [-0.1, -0.05) is 42.1 Å². The third kappa shape index (κ3) is 3.61. The summed E-state index contributed by atoms with van der Waals surface area (Å²) >= 11 is 6.13. The van der Waals surface area contributed by atoms with Gasteiger partial charge in [0.1, 0.15) is 12.3 Å². The summed E-state index contributed by atoms with van der Waals surface area (Å²) in [5.41, 5.74) is 3.52. The molecule has 0 saturated carbocycles. The predicted molar refractivity (Wildman–Crippen MR) is 121 cm³/mol. The third-order valence-corrected chi connectivity index (χ3v) is 6.15. The molecule has 2 aliphatic rings. The number of ether oxygens (including phenoxy) is 1. The topological polar surface area (TPSA) is 116 Å². The van der Waals surface area contributed by atoms with Gasteiger partial charge in [0.05, 0.1) is 28.8 Å². The molecule has 1 fully saturated rings. The monoisotopic (exact) mass is 469 g/mol. The maximum atomic E-state index is 13.1. The fourth-order valence-electron chi connectivity index (χ4n) is 3.40. The van der Waals surface area contributed by atoms with Gasteiger partial charge in [0, 0.05) is 5.56 Å². The minimum Gasteiger partial charge on any atom is -0.496 e. The molecular weight excluding hydrogens is 454 g/mol. The number of benzene rings is 2. The number of hydrogen-bond donors (Lipinski definition) is 2. The largest absolute Gasteiger partial charge is 0.496 e. The van der Waals surface area contributed by atoms with Crippen molar-refractivity contribution in [3.8, 4) is 5.75 Å². The summed E-state index contributed by atoms with van der Waals surface area (Å²) in [7, 11) is 1.42. The lowest BCUT2D eigenvalue weighted by Gasteiger charge is -2.17. The molecule has 0 spiro atoms. The highest BCUT2D eigenvalue weighted by Crippen LogP contribution is 2.44. The van der Waals surface area contributed by atoms with Gasteiger partial charge in [0.15, 0.2) is 4.32 Å². The Balaban J connectivity index is 1.69. The Bertz CT molecular complexity index is 1230. The number of thioether (sulfide) groups is 1. The highest BCUT2D eigenvalue weighted by molar-refractivity contribution is 8.26. The van der Waals surface area contributed by atoms with Crippen LogP contribution >= 0.6 is 24.0 Å². The number of hydrogen-bond acceptors (Lipinski definition) is 7. The van der Waals surface area contributed by atoms with E-state index >= 15 is 0 Å². The van der Waals surface area contributed by atoms with Crippen molar-refractivity contribution in [3.05, 3.63) is 64.6 Å². The normalized spacial score (nSPS) is 17.6. The quantitative estimate of drug-likeness (QED) is 0.505. The number of anilines is 1. The second-order valence-corrected chi connectivity index (χ2v) is 8.30. The van der Waals surface area contributed by atoms with Crippen molar-refractivity contribution in [1.29, 1.82) is 0 Å². The zero-order chi connectivity index (χ0) is 23.0. The molecule has 0 aliphatic carbocycles. The average molecular weight is 470 g/mol. The van der Waals surface area contributed by atoms with E-state index in [1.807, 2.05) is 0 Å². The molecular formula is C21H15N3O6S2. The maximum absolute atomic E-state index is 13.1. The summed E-state index contributed by atoms with van der Waals surface area (Å²) in [5.74, 6) is -2.79. The Kier molecular flexibility index (Phi) is 5.68. The lowest BCUT2D eigenvalue weighted by molar-refractivity contribution is -0.136. The van der Waals surface area contributed by atoms with E-state index in [0.717, 1.165) is 21.7 Å². The van der Waals surface area contributed by atoms with Crippen LogP contribution in [0.2, 0.25) is 0 Å². The number of methoxy groups -OCH3 is 1. The number of nitrogens with zero attached hydrogens (tertiary/aromatic N) is 2. The first kappa shape index (κ1) is 21.5. The summed E-state index contributed by atoms with van der Waals surface area (Å²) in [6, 6.07) is 13.1. The first-order valence-electron chi connectivity index (χ1n) is 9.21. The van der Waals surface area contributed by atoms with Crippen molar-refractivity contribution in [2.45, 2.75) is 0 Å². The summed E-state index contributed by atoms with van der Waals surface area (Å²) < 4.78 is 5.20. The van der Waals surface area contributed by atoms with Gasteiger partial charge >= 0.3 is 5.97 Å². The lowest BCUT2D eigenvalue weighted by Crippen LogP contribution is -2.45. The van der Waals surface area contributed by atoms with Crippen LogP contribution in [0.3, 0.4) is 0 Å². The second-order valence-electron chi connectivity index (χ2n) is 6.66. The molecule has 0 bridgehead atoms. The van der Waals surface area contributed by atoms with E-state index in [1.54, 1.807) is 42.5 Å². The highest BCUT2D eigenvalue weighted by Gasteiger charge is 2.43. The SMILES string of the molecule is COc1ccccc1C(=O)NN1C(=O)/C(=C2\C(=O)N(CC(=O)O)c3ccccc32)SC1=S. The van der Waals surface area contributed by atoms with Crippen LogP contribution in [0, 0.1) is 0 Å². The van der Waals surface area contributed by atoms with Crippen molar-refractivity contribution in [2.24, 2.45) is 0 Å². The predicted octanol–water partition coefficient (Wildman–Crippen LogP) is 2.04. The number of aliphatic carboxylic acids is 1. The van der Waals surface area contributed by atoms with Gasteiger partial charge in [-0.25, -0.2) is 0 Å². The Morgan fingerprint density at radius 2 is 1.78 bits per heavy atom. The van der Waals surface area contributed by atoms with Crippen molar-refractivity contribution in [2.75, 3.05) is 18.6 Å². The molecule has 2 aliphatic heterocycles. The zero-order valence-electron chi connectivity index (χ0n) is 16.5. The number of carboxylic acids is 1. The Morgan fingerprint density at radius 1 is 1.09 bits per heavy atom. The highest BCUT2D eigenvalue weighted by atomic mass is 32.2. The van der Waals surface area contributed by atoms with Gasteiger partial charge in [-0.05, 0) is 30.4 Å². The van der Waals surface area contributed by atoms with Gasteiger partial charge < -0.3 is 9.84 Å². The van der Waals surface area contributed by atoms with Crippen LogP contribution in [-0.2, 0) is 14.4 Å². The molecule has 0 radical (unpaired) electrons. The van der Waals surface area contributed by atoms with Crippen molar-refractivity contribution < 1.29 is 29.0 Å². The molecule has 2 heterocycles. The molecule has 0 atom stereocenters. The Morgan fingerprint density at radius 3 is 2.50 bits per heavy atom. The van der Waals surface area contributed by atoms with Gasteiger partial charge in [0.25, 0.3) is 17.7 Å². The van der Waals surface area contributed by atoms with Crippen molar-refractivity contribution in [3.63, 3.8) is 0 Å². The standard InChI is InChI=1S/C21H15N3O6S2/c1-30-14-9-5-3-7-12(14)18(27)22-24-20(29)17(32-21(24)31)16-11-6-2-4-8-13(11)23(19(16)28)10-15(25)26/h2-9H,10H2,1H3,(H,22,27)(H,25,26)/b17-16+. The van der Waals surface area contributed by atoms with Crippen molar-refractivity contribution >= 4 is 63.3 Å². The van der Waals surface area contributed by atoms with Gasteiger partial charge in [-0.15, -0.1) is 0 Å². The number of carbonyl (C=O) groups is 4. The lowest BCUT2D eigenvalue weighted by atomic mass is 10.1. The zero-order valence-corrected chi connectivity index (χ0v) is 18.2. The third-order valence-electron chi connectivity index (χ3n) is 4.78. The molecule has 2 aromatic rings. The molecule has 1 saturated heterocycles. The fraction of sp³-hybridized carbons (Fsp3) is 0.0952. The van der Waals surface area contributed by atoms with E-state index in [9.17, 15) is 24.3 Å². The Hall–Kier alpha value is -3.70. The first-order valence-corrected chi connectivity index (χ1v) is 10.4. The molecule has 11 heteroatoms. The summed E-state index contributed by atoms with van der Waals surface area (Å²) in [6.07, 6.45) is 0. The molecule has 3 amide bonds. The maximum Gasteiger partial charge on any atom is 0.323 e. The van der Waals surface area contributed by atoms with E-state index in [2.05, 4.69) is 5.43 Å². The first-order chi connectivity index (χ1) is 15.3. The van der Waals surface area contributed by atoms with E-state index in [4.69, 9.17) is 17.0 Å². The van der Waals surface area contributed by atoms with E-state index < -0.39 is 30.2 Å². The number of fused-ring (bicyclic) bond motifs is 1. The summed E-state index contributed by atoms with van der Waals surface area (Å²) in [5, 5.41) is 10.1. The van der Waals surface area contributed by atoms with Crippen LogP contribution in [0.15, 0.2) is 53.4 Å². The number of hydrazine groups is 1. The fourth-order valence-corrected chi connectivity index (χ4v) is 4.65. The van der Waals surface area contributed by atoms with Crippen LogP contribution in [0.1, 0.15) is 15.9 Å². The summed E-state index contributed by atoms with van der Waals surface area (Å²) in [4.78, 5) is 51.3. The second kappa shape index (κ2) is 8.44. The van der Waals surface area contributed by atoms with Gasteiger partial charge in [0.2, 0.25) is 0 Å². The number of rotatable bonds is 5. The molecule has 4 rings (SSSR count). The number of carbonyl (C=O) groups excluding carboxylic acids is 3. The van der Waals surface area contributed by atoms with Crippen LogP contribution in [0.25, 0.3) is 5.57 Å². The smallest absolute Gasteiger partial charge is 0.323 e. The van der Waals surface area contributed by atoms with Crippen LogP contribution in [-0.4, -0.2) is 51.8 Å². The van der Waals surface area contributed by atoms with Crippen LogP contribution in [0.5, 0.6) is 5.75 Å². The number of nitrogens with one attached hydrogen (secondary N) is 1. The summed E-state index contributed by atoms with van der Waals surface area (Å²) in [6.45, 7) is -0.551. The minimum atomic E-state index is -1.19. The average Bonchev–Trinajstić information content (AvgIpc) is 3.21. The number of para-hydroxylation sites is 2. The van der Waals surface area contributed by atoms with E-state index in [-0.39, 0.29) is 20.4 Å². The Labute approximate surface area is 191 Å². The molecule has 9 nitrogen and oxygen atoms in total. The minimum absolute atomic E-state index is 0.0145. The number of thiocarbonyl (C=S) groups is 1. The molecule has 2 N–H and O–H groups in total. The van der Waals surface area contributed by atoms with E-state index in [1.165, 1.54) is 13.2 Å². The molecule has 0 unspecified atom stereocenters. The van der Waals surface area contributed by atoms with E-state index in [0.29, 0.717) is 17.0 Å². The number of amides is 3. The number of carboxylic acid groups (broad SMARTS) is 1. The van der Waals surface area contributed by atoms with Crippen molar-refractivity contribution in [1.82, 2.24) is 10.4 Å².